The molecule has 176 valence electrons. The zero-order valence-electron chi connectivity index (χ0n) is 20.7. The number of anilines is 1. The number of carbonyl (C=O) groups is 2. The van der Waals surface area contributed by atoms with Crippen LogP contribution in [0.1, 0.15) is 63.8 Å². The van der Waals surface area contributed by atoms with Gasteiger partial charge in [-0.3, -0.25) is 14.5 Å². The number of nitrogens with zero attached hydrogens (tertiary/aromatic N) is 1. The number of carbonyl (C=O) groups excluding carboxylic acids is 2. The fourth-order valence-electron chi connectivity index (χ4n) is 3.83. The average Bonchev–Trinajstić information content (AvgIpc) is 2.70. The lowest BCUT2D eigenvalue weighted by Crippen LogP contribution is -2.38. The number of esters is 1. The average molecular weight is 449 g/mol. The highest BCUT2D eigenvalue weighted by Gasteiger charge is 2.22. The van der Waals surface area contributed by atoms with E-state index < -0.39 is 5.60 Å². The Morgan fingerprint density at radius 1 is 1.00 bits per heavy atom. The van der Waals surface area contributed by atoms with Crippen molar-refractivity contribution in [2.75, 3.05) is 18.4 Å². The summed E-state index contributed by atoms with van der Waals surface area (Å²) >= 11 is 0. The van der Waals surface area contributed by atoms with Crippen molar-refractivity contribution in [1.29, 1.82) is 0 Å². The van der Waals surface area contributed by atoms with Crippen LogP contribution in [-0.4, -0.2) is 35.5 Å². The molecule has 0 radical (unpaired) electrons. The van der Waals surface area contributed by atoms with Gasteiger partial charge in [-0.15, -0.1) is 0 Å². The normalized spacial score (nSPS) is 14.7. The zero-order valence-corrected chi connectivity index (χ0v) is 20.7. The second-order valence-electron chi connectivity index (χ2n) is 10.7. The molecule has 0 spiro atoms. The van der Waals surface area contributed by atoms with E-state index in [0.717, 1.165) is 29.8 Å². The first kappa shape index (κ1) is 24.7. The molecule has 0 fully saturated rings. The van der Waals surface area contributed by atoms with E-state index in [2.05, 4.69) is 49.2 Å². The first-order chi connectivity index (χ1) is 15.4. The second-order valence-corrected chi connectivity index (χ2v) is 10.7. The first-order valence-corrected chi connectivity index (χ1v) is 11.5. The molecule has 0 saturated carbocycles. The predicted molar refractivity (Wildman–Crippen MR) is 134 cm³/mol. The Hall–Kier alpha value is -2.92. The summed E-state index contributed by atoms with van der Waals surface area (Å²) < 4.78 is 5.45. The van der Waals surface area contributed by atoms with E-state index in [1.165, 1.54) is 11.1 Å². The smallest absolute Gasteiger partial charge is 0.320 e. The Labute approximate surface area is 197 Å². The van der Waals surface area contributed by atoms with Gasteiger partial charge in [-0.2, -0.15) is 0 Å². The van der Waals surface area contributed by atoms with E-state index in [9.17, 15) is 9.59 Å². The van der Waals surface area contributed by atoms with Crippen LogP contribution in [-0.2, 0) is 32.7 Å². The van der Waals surface area contributed by atoms with Gasteiger partial charge < -0.3 is 10.1 Å². The van der Waals surface area contributed by atoms with E-state index in [0.29, 0.717) is 6.54 Å². The molecule has 33 heavy (non-hydrogen) atoms. The van der Waals surface area contributed by atoms with E-state index in [4.69, 9.17) is 4.74 Å². The van der Waals surface area contributed by atoms with Crippen LogP contribution in [0, 0.1) is 0 Å². The van der Waals surface area contributed by atoms with Gasteiger partial charge in [0.2, 0.25) is 5.91 Å². The van der Waals surface area contributed by atoms with Gasteiger partial charge in [0, 0.05) is 24.9 Å². The van der Waals surface area contributed by atoms with Crippen molar-refractivity contribution >= 4 is 23.6 Å². The molecular formula is C28H36N2O3. The number of benzene rings is 2. The zero-order chi connectivity index (χ0) is 24.2. The number of rotatable bonds is 5. The minimum absolute atomic E-state index is 0.106. The molecule has 3 rings (SSSR count). The molecule has 1 N–H and O–H groups in total. The molecule has 0 atom stereocenters. The van der Waals surface area contributed by atoms with Crippen molar-refractivity contribution in [3.05, 3.63) is 70.8 Å². The quantitative estimate of drug-likeness (QED) is 0.496. The fraction of sp³-hybridized carbons (Fsp3) is 0.429. The van der Waals surface area contributed by atoms with Gasteiger partial charge in [0.25, 0.3) is 0 Å². The molecule has 1 amide bonds. The molecule has 2 aromatic carbocycles. The minimum Gasteiger partial charge on any atom is -0.459 e. The minimum atomic E-state index is -0.482. The number of hydrogen-bond acceptors (Lipinski definition) is 4. The Morgan fingerprint density at radius 3 is 2.33 bits per heavy atom. The Kier molecular flexibility index (Phi) is 7.43. The van der Waals surface area contributed by atoms with Gasteiger partial charge in [0.15, 0.2) is 0 Å². The summed E-state index contributed by atoms with van der Waals surface area (Å²) in [4.78, 5) is 26.7. The highest BCUT2D eigenvalue weighted by molar-refractivity contribution is 6.02. The van der Waals surface area contributed by atoms with Crippen LogP contribution in [0.4, 0.5) is 5.69 Å². The summed E-state index contributed by atoms with van der Waals surface area (Å²) in [7, 11) is 0. The van der Waals surface area contributed by atoms with E-state index in [-0.39, 0.29) is 23.8 Å². The molecule has 5 heteroatoms. The van der Waals surface area contributed by atoms with E-state index in [1.807, 2.05) is 51.1 Å². The van der Waals surface area contributed by atoms with Crippen LogP contribution in [0.25, 0.3) is 6.08 Å². The monoisotopic (exact) mass is 448 g/mol. The summed E-state index contributed by atoms with van der Waals surface area (Å²) in [5.74, 6) is -0.382. The molecule has 1 heterocycles. The molecular weight excluding hydrogens is 412 g/mol. The summed E-state index contributed by atoms with van der Waals surface area (Å²) in [5, 5.41) is 2.95. The van der Waals surface area contributed by atoms with Crippen molar-refractivity contribution in [2.24, 2.45) is 0 Å². The maximum atomic E-state index is 12.5. The van der Waals surface area contributed by atoms with Crippen LogP contribution in [0.3, 0.4) is 0 Å². The summed E-state index contributed by atoms with van der Waals surface area (Å²) in [6.45, 7) is 13.9. The topological polar surface area (TPSA) is 58.6 Å². The Bertz CT molecular complexity index is 1020. The largest absolute Gasteiger partial charge is 0.459 e. The lowest BCUT2D eigenvalue weighted by atomic mass is 9.87. The third-order valence-electron chi connectivity index (χ3n) is 5.54. The van der Waals surface area contributed by atoms with Gasteiger partial charge in [-0.25, -0.2) is 0 Å². The highest BCUT2D eigenvalue weighted by Crippen LogP contribution is 2.24. The molecule has 1 aliphatic heterocycles. The van der Waals surface area contributed by atoms with Crippen molar-refractivity contribution < 1.29 is 14.3 Å². The molecule has 0 saturated heterocycles. The van der Waals surface area contributed by atoms with Crippen molar-refractivity contribution in [2.45, 2.75) is 65.5 Å². The Morgan fingerprint density at radius 2 is 1.70 bits per heavy atom. The van der Waals surface area contributed by atoms with Gasteiger partial charge in [-0.1, -0.05) is 51.1 Å². The predicted octanol–water partition coefficient (Wildman–Crippen LogP) is 5.34. The fourth-order valence-corrected chi connectivity index (χ4v) is 3.83. The second kappa shape index (κ2) is 9.92. The molecule has 1 aliphatic rings. The summed E-state index contributed by atoms with van der Waals surface area (Å²) in [6, 6.07) is 14.3. The lowest BCUT2D eigenvalue weighted by molar-refractivity contribution is -0.156. The van der Waals surface area contributed by atoms with Crippen molar-refractivity contribution in [3.63, 3.8) is 0 Å². The third kappa shape index (κ3) is 7.57. The van der Waals surface area contributed by atoms with Crippen LogP contribution >= 0.6 is 0 Å². The summed E-state index contributed by atoms with van der Waals surface area (Å²) in [5.41, 5.74) is 5.01. The van der Waals surface area contributed by atoms with Gasteiger partial charge >= 0.3 is 5.97 Å². The van der Waals surface area contributed by atoms with Gasteiger partial charge in [-0.05, 0) is 73.1 Å². The van der Waals surface area contributed by atoms with E-state index in [1.54, 1.807) is 6.08 Å². The summed E-state index contributed by atoms with van der Waals surface area (Å²) in [6.07, 6.45) is 4.25. The molecule has 2 aromatic rings. The van der Waals surface area contributed by atoms with Crippen LogP contribution in [0.15, 0.2) is 48.5 Å². The lowest BCUT2D eigenvalue weighted by Gasteiger charge is -2.29. The number of amides is 1. The molecule has 0 aliphatic carbocycles. The van der Waals surface area contributed by atoms with Gasteiger partial charge in [0.1, 0.15) is 5.60 Å². The maximum Gasteiger partial charge on any atom is 0.320 e. The molecule has 0 bridgehead atoms. The number of nitrogens with one attached hydrogen (secondary N) is 1. The van der Waals surface area contributed by atoms with Gasteiger partial charge in [0.05, 0.1) is 6.54 Å². The highest BCUT2D eigenvalue weighted by atomic mass is 16.6. The number of hydrogen-bond donors (Lipinski definition) is 1. The van der Waals surface area contributed by atoms with E-state index >= 15 is 0 Å². The van der Waals surface area contributed by atoms with Crippen LogP contribution in [0.5, 0.6) is 0 Å². The van der Waals surface area contributed by atoms with Crippen molar-refractivity contribution in [1.82, 2.24) is 4.90 Å². The van der Waals surface area contributed by atoms with Crippen LogP contribution < -0.4 is 5.32 Å². The molecule has 5 nitrogen and oxygen atoms in total. The standard InChI is InChI=1S/C28H36N2O3/c1-27(2,3)23-11-7-20(8-12-23)9-14-25(31)29-24-13-10-21-15-16-30(18-22(21)17-24)19-26(32)33-28(4,5)6/h7-14,17H,15-16,18-19H2,1-6H3,(H,29,31)/b14-9+. The van der Waals surface area contributed by atoms with Crippen molar-refractivity contribution in [3.8, 4) is 0 Å². The first-order valence-electron chi connectivity index (χ1n) is 11.5. The number of fused-ring (bicyclic) bond motifs is 1. The SMILES string of the molecule is CC(C)(C)OC(=O)CN1CCc2ccc(NC(=O)/C=C/c3ccc(C(C)(C)C)cc3)cc2C1. The maximum absolute atomic E-state index is 12.5. The third-order valence-corrected chi connectivity index (χ3v) is 5.54. The molecule has 0 aromatic heterocycles. The number of ether oxygens (including phenoxy) is 1. The van der Waals surface area contributed by atoms with Crippen LogP contribution in [0.2, 0.25) is 0 Å². The molecule has 0 unspecified atom stereocenters. The Balaban J connectivity index is 1.59.